The standard InChI is InChI=1S/C21H24N4O/c1-12-9-17(15(4)25(12)18-6-7-18)11-22-21(26)16-5-8-19-20(10-16)24-14(3)13(2)23-19/h5,8-10,18H,6-7,11H2,1-4H3,(H,22,26). The van der Waals surface area contributed by atoms with Gasteiger partial charge in [0.05, 0.1) is 22.4 Å². The number of benzene rings is 1. The monoisotopic (exact) mass is 348 g/mol. The number of amides is 1. The molecule has 0 aliphatic heterocycles. The van der Waals surface area contributed by atoms with Crippen molar-refractivity contribution >= 4 is 16.9 Å². The highest BCUT2D eigenvalue weighted by molar-refractivity contribution is 5.97. The Morgan fingerprint density at radius 2 is 1.77 bits per heavy atom. The maximum Gasteiger partial charge on any atom is 0.251 e. The fourth-order valence-corrected chi connectivity index (χ4v) is 3.57. The van der Waals surface area contributed by atoms with Gasteiger partial charge in [-0.15, -0.1) is 0 Å². The van der Waals surface area contributed by atoms with Crippen LogP contribution < -0.4 is 5.32 Å². The van der Waals surface area contributed by atoms with Crippen molar-refractivity contribution in [2.24, 2.45) is 0 Å². The van der Waals surface area contributed by atoms with Gasteiger partial charge in [0.2, 0.25) is 0 Å². The summed E-state index contributed by atoms with van der Waals surface area (Å²) >= 11 is 0. The predicted octanol–water partition coefficient (Wildman–Crippen LogP) is 3.93. The van der Waals surface area contributed by atoms with E-state index in [1.54, 1.807) is 0 Å². The highest BCUT2D eigenvalue weighted by Crippen LogP contribution is 2.38. The van der Waals surface area contributed by atoms with Crippen LogP contribution in [0.5, 0.6) is 0 Å². The van der Waals surface area contributed by atoms with Crippen LogP contribution in [0.15, 0.2) is 24.3 Å². The van der Waals surface area contributed by atoms with Crippen LogP contribution in [0.2, 0.25) is 0 Å². The number of nitrogens with one attached hydrogen (secondary N) is 1. The van der Waals surface area contributed by atoms with Crippen LogP contribution in [0.4, 0.5) is 0 Å². The third-order valence-corrected chi connectivity index (χ3v) is 5.28. The van der Waals surface area contributed by atoms with Crippen LogP contribution in [0.3, 0.4) is 0 Å². The van der Waals surface area contributed by atoms with E-state index in [1.807, 2.05) is 32.0 Å². The van der Waals surface area contributed by atoms with Gasteiger partial charge in [-0.05, 0) is 70.4 Å². The third kappa shape index (κ3) is 2.98. The second-order valence-corrected chi connectivity index (χ2v) is 7.28. The molecule has 2 heterocycles. The van der Waals surface area contributed by atoms with Crippen molar-refractivity contribution < 1.29 is 4.79 Å². The number of hydrogen-bond acceptors (Lipinski definition) is 3. The topological polar surface area (TPSA) is 59.8 Å². The van der Waals surface area contributed by atoms with Gasteiger partial charge < -0.3 is 9.88 Å². The Morgan fingerprint density at radius 1 is 1.08 bits per heavy atom. The minimum Gasteiger partial charge on any atom is -0.348 e. The molecular weight excluding hydrogens is 324 g/mol. The number of carbonyl (C=O) groups excluding carboxylic acids is 1. The van der Waals surface area contributed by atoms with Crippen molar-refractivity contribution in [2.45, 2.75) is 53.1 Å². The van der Waals surface area contributed by atoms with Gasteiger partial charge in [0, 0.05) is 29.5 Å². The van der Waals surface area contributed by atoms with Gasteiger partial charge >= 0.3 is 0 Å². The fraction of sp³-hybridized carbons (Fsp3) is 0.381. The van der Waals surface area contributed by atoms with Crippen molar-refractivity contribution in [3.8, 4) is 0 Å². The van der Waals surface area contributed by atoms with Gasteiger partial charge in [0.1, 0.15) is 0 Å². The van der Waals surface area contributed by atoms with Crippen LogP contribution in [0.25, 0.3) is 11.0 Å². The van der Waals surface area contributed by atoms with Crippen LogP contribution in [0, 0.1) is 27.7 Å². The van der Waals surface area contributed by atoms with E-state index >= 15 is 0 Å². The molecule has 1 aliphatic rings. The molecule has 5 nitrogen and oxygen atoms in total. The molecule has 0 spiro atoms. The molecule has 0 atom stereocenters. The van der Waals surface area contributed by atoms with E-state index < -0.39 is 0 Å². The molecule has 134 valence electrons. The highest BCUT2D eigenvalue weighted by atomic mass is 16.1. The molecule has 1 saturated carbocycles. The minimum atomic E-state index is -0.0804. The SMILES string of the molecule is Cc1nc2ccc(C(=O)NCc3cc(C)n(C4CC4)c3C)cc2nc1C. The molecule has 3 aromatic rings. The number of carbonyl (C=O) groups is 1. The van der Waals surface area contributed by atoms with Crippen LogP contribution in [-0.4, -0.2) is 20.4 Å². The minimum absolute atomic E-state index is 0.0804. The molecule has 0 unspecified atom stereocenters. The van der Waals surface area contributed by atoms with Crippen molar-refractivity contribution in [3.05, 3.63) is 58.2 Å². The molecule has 1 aliphatic carbocycles. The van der Waals surface area contributed by atoms with Crippen molar-refractivity contribution in [1.82, 2.24) is 19.9 Å². The van der Waals surface area contributed by atoms with Crippen LogP contribution in [0.1, 0.15) is 57.6 Å². The summed E-state index contributed by atoms with van der Waals surface area (Å²) in [6.07, 6.45) is 2.53. The summed E-state index contributed by atoms with van der Waals surface area (Å²) in [5.41, 5.74) is 7.73. The maximum absolute atomic E-state index is 12.6. The van der Waals surface area contributed by atoms with Crippen molar-refractivity contribution in [1.29, 1.82) is 0 Å². The molecule has 0 saturated heterocycles. The second-order valence-electron chi connectivity index (χ2n) is 7.28. The van der Waals surface area contributed by atoms with Gasteiger partial charge in [-0.25, -0.2) is 9.97 Å². The summed E-state index contributed by atoms with van der Waals surface area (Å²) in [6, 6.07) is 8.34. The first kappa shape index (κ1) is 16.8. The first-order valence-electron chi connectivity index (χ1n) is 9.14. The van der Waals surface area contributed by atoms with Crippen molar-refractivity contribution in [2.75, 3.05) is 0 Å². The van der Waals surface area contributed by atoms with E-state index in [0.717, 1.165) is 22.4 Å². The molecular formula is C21H24N4O. The zero-order valence-electron chi connectivity index (χ0n) is 15.8. The normalized spacial score (nSPS) is 14.0. The van der Waals surface area contributed by atoms with Gasteiger partial charge in [-0.3, -0.25) is 4.79 Å². The molecule has 5 heteroatoms. The van der Waals surface area contributed by atoms with Gasteiger partial charge in [-0.1, -0.05) is 0 Å². The third-order valence-electron chi connectivity index (χ3n) is 5.28. The summed E-state index contributed by atoms with van der Waals surface area (Å²) in [4.78, 5) is 21.7. The summed E-state index contributed by atoms with van der Waals surface area (Å²) in [5.74, 6) is -0.0804. The Bertz CT molecular complexity index is 1010. The maximum atomic E-state index is 12.6. The first-order valence-corrected chi connectivity index (χ1v) is 9.14. The molecule has 0 radical (unpaired) electrons. The van der Waals surface area contributed by atoms with Gasteiger partial charge in [0.15, 0.2) is 0 Å². The van der Waals surface area contributed by atoms with Gasteiger partial charge in [0.25, 0.3) is 5.91 Å². The molecule has 1 N–H and O–H groups in total. The average molecular weight is 348 g/mol. The lowest BCUT2D eigenvalue weighted by molar-refractivity contribution is 0.0951. The number of nitrogens with zero attached hydrogens (tertiary/aromatic N) is 3. The summed E-state index contributed by atoms with van der Waals surface area (Å²) in [6.45, 7) is 8.71. The fourth-order valence-electron chi connectivity index (χ4n) is 3.57. The quantitative estimate of drug-likeness (QED) is 0.777. The lowest BCUT2D eigenvalue weighted by atomic mass is 10.1. The second kappa shape index (κ2) is 6.24. The number of aryl methyl sites for hydroxylation is 3. The lowest BCUT2D eigenvalue weighted by Crippen LogP contribution is -2.23. The van der Waals surface area contributed by atoms with Crippen molar-refractivity contribution in [3.63, 3.8) is 0 Å². The predicted molar refractivity (Wildman–Crippen MR) is 102 cm³/mol. The molecule has 1 amide bonds. The Kier molecular flexibility index (Phi) is 4.02. The number of aromatic nitrogens is 3. The highest BCUT2D eigenvalue weighted by Gasteiger charge is 2.26. The zero-order valence-corrected chi connectivity index (χ0v) is 15.8. The molecule has 4 rings (SSSR count). The van der Waals surface area contributed by atoms with E-state index in [4.69, 9.17) is 0 Å². The molecule has 0 bridgehead atoms. The summed E-state index contributed by atoms with van der Waals surface area (Å²) < 4.78 is 2.40. The average Bonchev–Trinajstić information content (AvgIpc) is 3.39. The molecule has 1 aromatic carbocycles. The number of fused-ring (bicyclic) bond motifs is 1. The Labute approximate surface area is 153 Å². The lowest BCUT2D eigenvalue weighted by Gasteiger charge is -2.09. The summed E-state index contributed by atoms with van der Waals surface area (Å²) in [5, 5.41) is 3.05. The molecule has 2 aromatic heterocycles. The summed E-state index contributed by atoms with van der Waals surface area (Å²) in [7, 11) is 0. The Balaban J connectivity index is 1.52. The van der Waals surface area contributed by atoms with Crippen LogP contribution >= 0.6 is 0 Å². The number of hydrogen-bond donors (Lipinski definition) is 1. The van der Waals surface area contributed by atoms with E-state index in [2.05, 4.69) is 39.8 Å². The largest absolute Gasteiger partial charge is 0.348 e. The van der Waals surface area contributed by atoms with E-state index in [0.29, 0.717) is 18.2 Å². The Morgan fingerprint density at radius 3 is 2.46 bits per heavy atom. The van der Waals surface area contributed by atoms with E-state index in [-0.39, 0.29) is 5.91 Å². The zero-order chi connectivity index (χ0) is 18.4. The number of rotatable bonds is 4. The first-order chi connectivity index (χ1) is 12.4. The van der Waals surface area contributed by atoms with E-state index in [1.165, 1.54) is 29.8 Å². The van der Waals surface area contributed by atoms with Crippen LogP contribution in [-0.2, 0) is 6.54 Å². The Hall–Kier alpha value is -2.69. The smallest absolute Gasteiger partial charge is 0.251 e. The van der Waals surface area contributed by atoms with Gasteiger partial charge in [-0.2, -0.15) is 0 Å². The molecule has 26 heavy (non-hydrogen) atoms. The van der Waals surface area contributed by atoms with E-state index in [9.17, 15) is 4.79 Å². The molecule has 1 fully saturated rings.